The molecule has 0 spiro atoms. The minimum atomic E-state index is -0.645. The molecule has 1 N–H and O–H groups in total. The molecule has 0 aromatic heterocycles. The van der Waals surface area contributed by atoms with Crippen molar-refractivity contribution in [1.29, 1.82) is 0 Å². The molecule has 0 aliphatic carbocycles. The normalized spacial score (nSPS) is 19.1. The van der Waals surface area contributed by atoms with E-state index in [9.17, 15) is 18.4 Å². The fourth-order valence-electron chi connectivity index (χ4n) is 3.10. The topological polar surface area (TPSA) is 49.4 Å². The van der Waals surface area contributed by atoms with Gasteiger partial charge in [-0.25, -0.2) is 8.78 Å². The fraction of sp³-hybridized carbons (Fsp3) is 0.333. The predicted molar refractivity (Wildman–Crippen MR) is 105 cm³/mol. The van der Waals surface area contributed by atoms with Gasteiger partial charge in [0.1, 0.15) is 23.1 Å². The van der Waals surface area contributed by atoms with Crippen molar-refractivity contribution in [3.8, 4) is 0 Å². The fourth-order valence-corrected chi connectivity index (χ4v) is 4.53. The van der Waals surface area contributed by atoms with Crippen molar-refractivity contribution in [2.24, 2.45) is 5.92 Å². The van der Waals surface area contributed by atoms with Crippen LogP contribution in [0.3, 0.4) is 0 Å². The molecular formula is C21H22F2N2O2S. The van der Waals surface area contributed by atoms with Gasteiger partial charge in [0, 0.05) is 18.2 Å². The van der Waals surface area contributed by atoms with Gasteiger partial charge in [-0.2, -0.15) is 0 Å². The Balaban J connectivity index is 1.77. The molecule has 1 saturated heterocycles. The molecule has 1 fully saturated rings. The molecule has 1 heterocycles. The summed E-state index contributed by atoms with van der Waals surface area (Å²) < 4.78 is 26.7. The van der Waals surface area contributed by atoms with Crippen LogP contribution < -0.4 is 5.32 Å². The lowest BCUT2D eigenvalue weighted by Crippen LogP contribution is -2.49. The average Bonchev–Trinajstić information content (AvgIpc) is 3.11. The molecule has 7 heteroatoms. The summed E-state index contributed by atoms with van der Waals surface area (Å²) in [6.45, 7) is 3.80. The molecular weight excluding hydrogens is 382 g/mol. The Morgan fingerprint density at radius 2 is 1.86 bits per heavy atom. The Morgan fingerprint density at radius 3 is 2.50 bits per heavy atom. The van der Waals surface area contributed by atoms with E-state index in [4.69, 9.17) is 0 Å². The van der Waals surface area contributed by atoms with Crippen LogP contribution in [-0.4, -0.2) is 28.5 Å². The Kier molecular flexibility index (Phi) is 6.34. The van der Waals surface area contributed by atoms with Crippen molar-refractivity contribution in [1.82, 2.24) is 10.2 Å². The Bertz CT molecular complexity index is 858. The van der Waals surface area contributed by atoms with E-state index >= 15 is 0 Å². The molecule has 0 unspecified atom stereocenters. The number of carbonyl (C=O) groups is 2. The summed E-state index contributed by atoms with van der Waals surface area (Å²) >= 11 is 1.45. The molecule has 4 nitrogen and oxygen atoms in total. The number of rotatable bonds is 5. The lowest BCUT2D eigenvalue weighted by atomic mass is 10.1. The van der Waals surface area contributed by atoms with Crippen LogP contribution in [0.1, 0.15) is 30.3 Å². The van der Waals surface area contributed by atoms with Gasteiger partial charge in [-0.1, -0.05) is 38.1 Å². The summed E-state index contributed by atoms with van der Waals surface area (Å²) in [5.74, 6) is -1.00. The number of hydrogen-bond donors (Lipinski definition) is 1. The number of thioether (sulfide) groups is 1. The summed E-state index contributed by atoms with van der Waals surface area (Å²) in [4.78, 5) is 27.2. The van der Waals surface area contributed by atoms with Gasteiger partial charge < -0.3 is 10.2 Å². The summed E-state index contributed by atoms with van der Waals surface area (Å²) in [5, 5.41) is 2.41. The predicted octanol–water partition coefficient (Wildman–Crippen LogP) is 3.88. The zero-order valence-corrected chi connectivity index (χ0v) is 16.5. The van der Waals surface area contributed by atoms with Gasteiger partial charge in [-0.3, -0.25) is 9.59 Å². The SMILES string of the molecule is CC(C)C(=O)N1[C@@H](c2cccc(F)c2)SC[C@H]1C(=O)NCc1ccc(F)cc1. The van der Waals surface area contributed by atoms with Gasteiger partial charge in [-0.05, 0) is 35.4 Å². The second kappa shape index (κ2) is 8.73. The van der Waals surface area contributed by atoms with Gasteiger partial charge in [0.2, 0.25) is 11.8 Å². The summed E-state index contributed by atoms with van der Waals surface area (Å²) in [7, 11) is 0. The molecule has 2 aromatic rings. The highest BCUT2D eigenvalue weighted by Crippen LogP contribution is 2.42. The molecule has 0 bridgehead atoms. The van der Waals surface area contributed by atoms with Crippen LogP contribution in [0.2, 0.25) is 0 Å². The largest absolute Gasteiger partial charge is 0.350 e. The molecule has 28 heavy (non-hydrogen) atoms. The number of nitrogens with zero attached hydrogens (tertiary/aromatic N) is 1. The quantitative estimate of drug-likeness (QED) is 0.823. The number of hydrogen-bond acceptors (Lipinski definition) is 3. The molecule has 0 radical (unpaired) electrons. The minimum absolute atomic E-state index is 0.152. The van der Waals surface area contributed by atoms with Gasteiger partial charge in [0.15, 0.2) is 0 Å². The number of amides is 2. The molecule has 148 valence electrons. The van der Waals surface area contributed by atoms with E-state index in [1.165, 1.54) is 36.0 Å². The third-order valence-corrected chi connectivity index (χ3v) is 5.89. The zero-order chi connectivity index (χ0) is 20.3. The highest BCUT2D eigenvalue weighted by atomic mass is 32.2. The van der Waals surface area contributed by atoms with Gasteiger partial charge >= 0.3 is 0 Å². The third-order valence-electron chi connectivity index (χ3n) is 4.57. The highest BCUT2D eigenvalue weighted by molar-refractivity contribution is 7.99. The molecule has 2 atom stereocenters. The zero-order valence-electron chi connectivity index (χ0n) is 15.7. The third kappa shape index (κ3) is 4.52. The molecule has 3 rings (SSSR count). The Labute approximate surface area is 167 Å². The van der Waals surface area contributed by atoms with Crippen molar-refractivity contribution < 1.29 is 18.4 Å². The van der Waals surface area contributed by atoms with Crippen LogP contribution in [-0.2, 0) is 16.1 Å². The first-order valence-corrected chi connectivity index (χ1v) is 10.1. The van der Waals surface area contributed by atoms with Crippen LogP contribution in [0.5, 0.6) is 0 Å². The summed E-state index contributed by atoms with van der Waals surface area (Å²) in [6.07, 6.45) is 0. The van der Waals surface area contributed by atoms with E-state index in [-0.39, 0.29) is 35.9 Å². The number of halogens is 2. The number of benzene rings is 2. The smallest absolute Gasteiger partial charge is 0.243 e. The van der Waals surface area contributed by atoms with Gasteiger partial charge in [0.25, 0.3) is 0 Å². The van der Waals surface area contributed by atoms with E-state index < -0.39 is 11.4 Å². The van der Waals surface area contributed by atoms with Crippen LogP contribution in [0.25, 0.3) is 0 Å². The van der Waals surface area contributed by atoms with Crippen LogP contribution in [0.4, 0.5) is 8.78 Å². The monoisotopic (exact) mass is 404 g/mol. The standard InChI is InChI=1S/C21H22F2N2O2S/c1-13(2)20(27)25-18(12-28-21(25)15-4-3-5-17(23)10-15)19(26)24-11-14-6-8-16(22)9-7-14/h3-10,13,18,21H,11-12H2,1-2H3,(H,24,26)/t18-,21+/m0/s1. The van der Waals surface area contributed by atoms with Crippen molar-refractivity contribution in [2.75, 3.05) is 5.75 Å². The summed E-state index contributed by atoms with van der Waals surface area (Å²) in [6, 6.07) is 11.3. The highest BCUT2D eigenvalue weighted by Gasteiger charge is 2.42. The first-order valence-electron chi connectivity index (χ1n) is 9.08. The van der Waals surface area contributed by atoms with E-state index in [0.717, 1.165) is 5.56 Å². The van der Waals surface area contributed by atoms with Gasteiger partial charge in [0.05, 0.1) is 0 Å². The molecule has 2 aromatic carbocycles. The van der Waals surface area contributed by atoms with Crippen LogP contribution in [0.15, 0.2) is 48.5 Å². The first kappa shape index (κ1) is 20.3. The first-order chi connectivity index (χ1) is 13.4. The lowest BCUT2D eigenvalue weighted by Gasteiger charge is -2.30. The summed E-state index contributed by atoms with van der Waals surface area (Å²) in [5.41, 5.74) is 1.43. The molecule has 2 amide bonds. The average molecular weight is 404 g/mol. The van der Waals surface area contributed by atoms with Crippen molar-refractivity contribution >= 4 is 23.6 Å². The lowest BCUT2D eigenvalue weighted by molar-refractivity contribution is -0.142. The number of carbonyl (C=O) groups excluding carboxylic acids is 2. The van der Waals surface area contributed by atoms with E-state index in [0.29, 0.717) is 11.3 Å². The van der Waals surface area contributed by atoms with Crippen LogP contribution in [0, 0.1) is 17.6 Å². The maximum absolute atomic E-state index is 13.7. The Morgan fingerprint density at radius 1 is 1.14 bits per heavy atom. The van der Waals surface area contributed by atoms with Crippen molar-refractivity contribution in [3.05, 3.63) is 71.3 Å². The van der Waals surface area contributed by atoms with E-state index in [1.807, 2.05) is 0 Å². The second-order valence-electron chi connectivity index (χ2n) is 7.00. The van der Waals surface area contributed by atoms with Gasteiger partial charge in [-0.15, -0.1) is 11.8 Å². The minimum Gasteiger partial charge on any atom is -0.350 e. The molecule has 1 aliphatic rings. The maximum Gasteiger partial charge on any atom is 0.243 e. The van der Waals surface area contributed by atoms with E-state index in [2.05, 4.69) is 5.32 Å². The Hall–Kier alpha value is -2.41. The molecule has 1 aliphatic heterocycles. The second-order valence-corrected chi connectivity index (χ2v) is 8.11. The number of nitrogens with one attached hydrogen (secondary N) is 1. The van der Waals surface area contributed by atoms with Crippen molar-refractivity contribution in [3.63, 3.8) is 0 Å². The molecule has 0 saturated carbocycles. The van der Waals surface area contributed by atoms with E-state index in [1.54, 1.807) is 43.0 Å². The van der Waals surface area contributed by atoms with Crippen molar-refractivity contribution in [2.45, 2.75) is 31.8 Å². The maximum atomic E-state index is 13.7. The van der Waals surface area contributed by atoms with Crippen LogP contribution >= 0.6 is 11.8 Å².